The highest BCUT2D eigenvalue weighted by molar-refractivity contribution is 5.88. The van der Waals surface area contributed by atoms with Crippen LogP contribution in [-0.4, -0.2) is 83.2 Å². The number of anilines is 2. The minimum absolute atomic E-state index is 0.107. The fraction of sp³-hybridized carbons (Fsp3) is 0.323. The second-order valence-corrected chi connectivity index (χ2v) is 10.6. The molecule has 1 saturated heterocycles. The first-order valence-electron chi connectivity index (χ1n) is 14.0. The number of aromatic nitrogens is 4. The van der Waals surface area contributed by atoms with Crippen LogP contribution in [0.4, 0.5) is 20.4 Å². The largest absolute Gasteiger partial charge is 0.494 e. The average molecular weight is 606 g/mol. The predicted octanol–water partition coefficient (Wildman–Crippen LogP) is 4.17. The van der Waals surface area contributed by atoms with Crippen molar-refractivity contribution >= 4 is 28.4 Å². The van der Waals surface area contributed by atoms with E-state index in [1.807, 2.05) is 19.0 Å². The molecule has 0 radical (unpaired) electrons. The van der Waals surface area contributed by atoms with Gasteiger partial charge in [0.25, 0.3) is 5.56 Å². The summed E-state index contributed by atoms with van der Waals surface area (Å²) in [5, 5.41) is 3.58. The summed E-state index contributed by atoms with van der Waals surface area (Å²) < 4.78 is 43.0. The topological polar surface area (TPSA) is 115 Å². The summed E-state index contributed by atoms with van der Waals surface area (Å²) in [6.07, 6.45) is 8.77. The van der Waals surface area contributed by atoms with E-state index in [1.54, 1.807) is 39.9 Å². The molecule has 1 fully saturated rings. The van der Waals surface area contributed by atoms with Crippen LogP contribution >= 0.6 is 0 Å². The molecule has 3 aromatic heterocycles. The number of ether oxygens (including phenoxy) is 2. The molecule has 13 heteroatoms. The van der Waals surface area contributed by atoms with Gasteiger partial charge in [-0.05, 0) is 39.1 Å². The summed E-state index contributed by atoms with van der Waals surface area (Å²) in [6.45, 7) is 1.44. The van der Waals surface area contributed by atoms with Crippen molar-refractivity contribution in [2.75, 3.05) is 53.3 Å². The van der Waals surface area contributed by atoms with E-state index in [4.69, 9.17) is 9.47 Å². The number of rotatable bonds is 9. The average Bonchev–Trinajstić information content (AvgIpc) is 3.02. The Bertz CT molecular complexity index is 1730. The van der Waals surface area contributed by atoms with Crippen molar-refractivity contribution in [3.8, 4) is 22.6 Å². The number of hydrogen-bond acceptors (Lipinski definition) is 9. The smallest absolute Gasteiger partial charge is 0.259 e. The first kappa shape index (κ1) is 30.5. The van der Waals surface area contributed by atoms with Crippen molar-refractivity contribution < 1.29 is 23.0 Å². The maximum atomic E-state index is 15.6. The number of benzene rings is 1. The number of piperidine rings is 1. The molecule has 0 saturated carbocycles. The quantitative estimate of drug-likeness (QED) is 0.281. The lowest BCUT2D eigenvalue weighted by Gasteiger charge is -2.33. The fourth-order valence-corrected chi connectivity index (χ4v) is 5.27. The van der Waals surface area contributed by atoms with E-state index in [2.05, 4.69) is 20.3 Å². The van der Waals surface area contributed by atoms with Crippen molar-refractivity contribution in [1.29, 1.82) is 0 Å². The number of fused-ring (bicyclic) bond motifs is 1. The zero-order valence-corrected chi connectivity index (χ0v) is 24.9. The van der Waals surface area contributed by atoms with Crippen molar-refractivity contribution in [2.24, 2.45) is 0 Å². The molecule has 1 N–H and O–H groups in total. The minimum Gasteiger partial charge on any atom is -0.494 e. The van der Waals surface area contributed by atoms with E-state index in [0.29, 0.717) is 55.0 Å². The first-order chi connectivity index (χ1) is 21.2. The Balaban J connectivity index is 1.61. The second kappa shape index (κ2) is 13.2. The van der Waals surface area contributed by atoms with Gasteiger partial charge in [-0.1, -0.05) is 6.08 Å². The first-order valence-corrected chi connectivity index (χ1v) is 14.0. The summed E-state index contributed by atoms with van der Waals surface area (Å²) in [6, 6.07) is 5.52. The number of likely N-dealkylation sites (N-methyl/N-ethyl adjacent to an activating group) is 1. The van der Waals surface area contributed by atoms with Crippen LogP contribution in [0, 0.1) is 11.6 Å². The molecular formula is C31H33F2N7O4. The number of carbonyl (C=O) groups is 1. The van der Waals surface area contributed by atoms with Crippen LogP contribution in [-0.2, 0) is 4.79 Å². The summed E-state index contributed by atoms with van der Waals surface area (Å²) in [5.74, 6) is -1.76. The van der Waals surface area contributed by atoms with Gasteiger partial charge in [0.2, 0.25) is 5.91 Å². The van der Waals surface area contributed by atoms with Crippen LogP contribution in [0.2, 0.25) is 0 Å². The van der Waals surface area contributed by atoms with E-state index in [-0.39, 0.29) is 29.0 Å². The summed E-state index contributed by atoms with van der Waals surface area (Å²) in [5.41, 5.74) is -0.839. The van der Waals surface area contributed by atoms with Gasteiger partial charge in [-0.3, -0.25) is 9.59 Å². The van der Waals surface area contributed by atoms with Crippen LogP contribution in [0.1, 0.15) is 18.9 Å². The molecule has 1 aliphatic heterocycles. The Labute approximate surface area is 252 Å². The highest BCUT2D eigenvalue weighted by atomic mass is 19.1. The molecule has 230 valence electrons. The zero-order valence-electron chi connectivity index (χ0n) is 24.9. The number of carbonyl (C=O) groups excluding carboxylic acids is 1. The van der Waals surface area contributed by atoms with Gasteiger partial charge in [0.15, 0.2) is 23.1 Å². The molecule has 0 atom stereocenters. The number of likely N-dealkylation sites (tertiary alicyclic amines) is 1. The molecule has 0 aliphatic carbocycles. The summed E-state index contributed by atoms with van der Waals surface area (Å²) >= 11 is 0. The Morgan fingerprint density at radius 2 is 1.77 bits per heavy atom. The van der Waals surface area contributed by atoms with E-state index >= 15 is 8.78 Å². The summed E-state index contributed by atoms with van der Waals surface area (Å²) in [4.78, 5) is 43.3. The van der Waals surface area contributed by atoms with Gasteiger partial charge in [-0.25, -0.2) is 23.7 Å². The normalized spacial score (nSPS) is 14.0. The number of methoxy groups -OCH3 is 2. The third kappa shape index (κ3) is 6.23. The standard InChI is InChI=1S/C31H33F2N7O4/c1-38(2)11-5-6-27(41)39-12-8-20(9-13-39)40-22-15-26(37-25-7-10-34-18-36-25)35-17-19(22)14-21(31(40)42)28-29(32)23(43-3)16-24(44-4)30(28)33/h5-7,10,14-18,20H,8-9,11-13H2,1-4H3,(H,34,35,36,37)/b6-5+. The zero-order chi connectivity index (χ0) is 31.4. The molecule has 1 aliphatic rings. The Hall–Kier alpha value is -4.91. The molecule has 4 heterocycles. The Kier molecular flexibility index (Phi) is 9.14. The van der Waals surface area contributed by atoms with Gasteiger partial charge in [-0.2, -0.15) is 0 Å². The number of nitrogens with one attached hydrogen (secondary N) is 1. The van der Waals surface area contributed by atoms with Crippen LogP contribution in [0.25, 0.3) is 22.0 Å². The number of pyridine rings is 2. The lowest BCUT2D eigenvalue weighted by Crippen LogP contribution is -2.40. The van der Waals surface area contributed by atoms with Crippen molar-refractivity contribution in [1.82, 2.24) is 29.3 Å². The van der Waals surface area contributed by atoms with E-state index < -0.39 is 22.8 Å². The molecule has 11 nitrogen and oxygen atoms in total. The Morgan fingerprint density at radius 1 is 1.07 bits per heavy atom. The van der Waals surface area contributed by atoms with Gasteiger partial charge >= 0.3 is 0 Å². The lowest BCUT2D eigenvalue weighted by atomic mass is 9.99. The molecule has 1 amide bonds. The van der Waals surface area contributed by atoms with Crippen LogP contribution < -0.4 is 20.3 Å². The van der Waals surface area contributed by atoms with E-state index in [0.717, 1.165) is 6.07 Å². The van der Waals surface area contributed by atoms with Crippen molar-refractivity contribution in [2.45, 2.75) is 18.9 Å². The third-order valence-corrected chi connectivity index (χ3v) is 7.47. The van der Waals surface area contributed by atoms with Gasteiger partial charge in [0.1, 0.15) is 18.0 Å². The molecular weight excluding hydrogens is 572 g/mol. The maximum absolute atomic E-state index is 15.6. The number of halogens is 2. The predicted molar refractivity (Wildman–Crippen MR) is 162 cm³/mol. The molecule has 44 heavy (non-hydrogen) atoms. The van der Waals surface area contributed by atoms with Gasteiger partial charge in [0.05, 0.1) is 30.9 Å². The van der Waals surface area contributed by atoms with Crippen LogP contribution in [0.3, 0.4) is 0 Å². The summed E-state index contributed by atoms with van der Waals surface area (Å²) in [7, 11) is 6.33. The van der Waals surface area contributed by atoms with E-state index in [9.17, 15) is 9.59 Å². The fourth-order valence-electron chi connectivity index (χ4n) is 5.27. The van der Waals surface area contributed by atoms with Crippen molar-refractivity contribution in [3.63, 3.8) is 0 Å². The highest BCUT2D eigenvalue weighted by Gasteiger charge is 2.29. The monoisotopic (exact) mass is 605 g/mol. The maximum Gasteiger partial charge on any atom is 0.259 e. The second-order valence-electron chi connectivity index (χ2n) is 10.6. The van der Waals surface area contributed by atoms with E-state index in [1.165, 1.54) is 32.8 Å². The Morgan fingerprint density at radius 3 is 2.39 bits per heavy atom. The number of hydrogen-bond donors (Lipinski definition) is 1. The molecule has 1 aromatic carbocycles. The van der Waals surface area contributed by atoms with Gasteiger partial charge < -0.3 is 29.2 Å². The molecule has 0 bridgehead atoms. The van der Waals surface area contributed by atoms with Crippen LogP contribution in [0.15, 0.2) is 59.9 Å². The molecule has 0 unspecified atom stereocenters. The van der Waals surface area contributed by atoms with Crippen LogP contribution in [0.5, 0.6) is 11.5 Å². The van der Waals surface area contributed by atoms with Crippen molar-refractivity contribution in [3.05, 3.63) is 77.1 Å². The molecule has 5 rings (SSSR count). The van der Waals surface area contributed by atoms with Gasteiger partial charge in [0, 0.05) is 61.7 Å². The van der Waals surface area contributed by atoms with Gasteiger partial charge in [-0.15, -0.1) is 0 Å². The SMILES string of the molecule is COc1cc(OC)c(F)c(-c2cc3cnc(Nc4ccncn4)cc3n(C3CCN(C(=O)/C=C/CN(C)C)CC3)c2=O)c1F. The lowest BCUT2D eigenvalue weighted by molar-refractivity contribution is -0.127. The third-order valence-electron chi connectivity index (χ3n) is 7.47. The minimum atomic E-state index is -1.02. The number of nitrogens with zero attached hydrogens (tertiary/aromatic N) is 6. The number of amides is 1. The highest BCUT2D eigenvalue weighted by Crippen LogP contribution is 2.38. The molecule has 0 spiro atoms. The molecule has 4 aromatic rings.